The van der Waals surface area contributed by atoms with Crippen LogP contribution in [0.4, 0.5) is 5.69 Å². The Hall–Kier alpha value is -1.83. The zero-order chi connectivity index (χ0) is 20.1. The first-order valence-electron chi connectivity index (χ1n) is 8.86. The van der Waals surface area contributed by atoms with E-state index in [2.05, 4.69) is 21.2 Å². The molecular formula is C20H18BrClN2O3S. The topological polar surface area (TPSA) is 50.8 Å². The van der Waals surface area contributed by atoms with Gasteiger partial charge in [-0.25, -0.2) is 0 Å². The third-order valence-electron chi connectivity index (χ3n) is 5.09. The lowest BCUT2D eigenvalue weighted by atomic mass is 9.79. The van der Waals surface area contributed by atoms with Gasteiger partial charge in [0.25, 0.3) is 0 Å². The van der Waals surface area contributed by atoms with Crippen molar-refractivity contribution in [2.45, 2.75) is 25.6 Å². The molecule has 3 atom stereocenters. The molecule has 1 N–H and O–H groups in total. The van der Waals surface area contributed by atoms with Gasteiger partial charge < -0.3 is 14.8 Å². The zero-order valence-corrected chi connectivity index (χ0v) is 18.4. The summed E-state index contributed by atoms with van der Waals surface area (Å²) in [6, 6.07) is 12.6. The largest absolute Gasteiger partial charge is 0.466 e. The molecular weight excluding hydrogens is 464 g/mol. The maximum absolute atomic E-state index is 13.0. The predicted molar refractivity (Wildman–Crippen MR) is 116 cm³/mol. The number of nitrogens with one attached hydrogen (secondary N) is 1. The Bertz CT molecular complexity index is 955. The third-order valence-corrected chi connectivity index (χ3v) is 6.13. The molecule has 146 valence electrons. The highest BCUT2D eigenvalue weighted by Crippen LogP contribution is 2.50. The highest BCUT2D eigenvalue weighted by molar-refractivity contribution is 9.10. The zero-order valence-electron chi connectivity index (χ0n) is 15.2. The van der Waals surface area contributed by atoms with Crippen molar-refractivity contribution in [1.29, 1.82) is 0 Å². The maximum atomic E-state index is 13.0. The van der Waals surface area contributed by atoms with Crippen LogP contribution in [-0.4, -0.2) is 23.4 Å². The number of hydrogen-bond acceptors (Lipinski definition) is 4. The van der Waals surface area contributed by atoms with Crippen LogP contribution in [0.1, 0.15) is 25.5 Å². The second-order valence-electron chi connectivity index (χ2n) is 6.81. The molecule has 2 bridgehead atoms. The van der Waals surface area contributed by atoms with Crippen molar-refractivity contribution in [3.05, 3.63) is 57.5 Å². The molecule has 0 spiro atoms. The Morgan fingerprint density at radius 2 is 2.07 bits per heavy atom. The van der Waals surface area contributed by atoms with E-state index in [9.17, 15) is 4.79 Å². The molecule has 2 aromatic rings. The summed E-state index contributed by atoms with van der Waals surface area (Å²) in [6.45, 7) is 3.95. The molecule has 0 radical (unpaired) electrons. The smallest absolute Gasteiger partial charge is 0.317 e. The van der Waals surface area contributed by atoms with Gasteiger partial charge in [0.1, 0.15) is 11.7 Å². The lowest BCUT2D eigenvalue weighted by Gasteiger charge is -2.55. The number of esters is 1. The minimum atomic E-state index is -1.06. The Kier molecular flexibility index (Phi) is 5.02. The quantitative estimate of drug-likeness (QED) is 0.501. The van der Waals surface area contributed by atoms with Crippen LogP contribution in [0.5, 0.6) is 5.75 Å². The number of thiocarbonyl (C=S) groups is 1. The van der Waals surface area contributed by atoms with Crippen molar-refractivity contribution in [3.8, 4) is 5.75 Å². The van der Waals surface area contributed by atoms with Crippen LogP contribution in [0, 0.1) is 5.92 Å². The number of benzene rings is 2. The first-order chi connectivity index (χ1) is 13.3. The van der Waals surface area contributed by atoms with E-state index in [-0.39, 0.29) is 18.6 Å². The average Bonchev–Trinajstić information content (AvgIpc) is 2.63. The van der Waals surface area contributed by atoms with E-state index >= 15 is 0 Å². The fraction of sp³-hybridized carbons (Fsp3) is 0.300. The SMILES string of the molecule is CCOC(=O)[C@@H]1[C@H]2NC(=S)N(c3ccc(Cl)cc3)[C@@]1(C)Oc1ccc(Br)cc12. The number of carbonyl (C=O) groups excluding carboxylic acids is 1. The van der Waals surface area contributed by atoms with Gasteiger partial charge in [-0.15, -0.1) is 0 Å². The van der Waals surface area contributed by atoms with Crippen LogP contribution in [0.2, 0.25) is 5.02 Å². The molecule has 0 aliphatic carbocycles. The van der Waals surface area contributed by atoms with E-state index in [1.807, 2.05) is 42.2 Å². The summed E-state index contributed by atoms with van der Waals surface area (Å²) in [5, 5.41) is 4.42. The molecule has 4 rings (SSSR count). The molecule has 0 unspecified atom stereocenters. The van der Waals surface area contributed by atoms with Gasteiger partial charge in [-0.2, -0.15) is 0 Å². The molecule has 2 heterocycles. The summed E-state index contributed by atoms with van der Waals surface area (Å²) < 4.78 is 12.7. The molecule has 1 saturated heterocycles. The van der Waals surface area contributed by atoms with Crippen LogP contribution in [0.15, 0.2) is 46.9 Å². The molecule has 0 saturated carbocycles. The highest BCUT2D eigenvalue weighted by atomic mass is 79.9. The fourth-order valence-electron chi connectivity index (χ4n) is 3.93. The summed E-state index contributed by atoms with van der Waals surface area (Å²) in [7, 11) is 0. The third kappa shape index (κ3) is 3.06. The van der Waals surface area contributed by atoms with Crippen LogP contribution in [0.25, 0.3) is 0 Å². The molecule has 28 heavy (non-hydrogen) atoms. The molecule has 2 aromatic carbocycles. The van der Waals surface area contributed by atoms with Crippen LogP contribution in [-0.2, 0) is 9.53 Å². The fourth-order valence-corrected chi connectivity index (χ4v) is 4.84. The first-order valence-corrected chi connectivity index (χ1v) is 10.4. The number of nitrogens with zero attached hydrogens (tertiary/aromatic N) is 1. The Labute approximate surface area is 182 Å². The number of hydrogen-bond donors (Lipinski definition) is 1. The van der Waals surface area contributed by atoms with Gasteiger partial charge in [-0.05, 0) is 68.5 Å². The van der Waals surface area contributed by atoms with E-state index in [1.54, 1.807) is 19.1 Å². The minimum Gasteiger partial charge on any atom is -0.466 e. The van der Waals surface area contributed by atoms with Gasteiger partial charge in [0.2, 0.25) is 5.72 Å². The summed E-state index contributed by atoms with van der Waals surface area (Å²) in [5.74, 6) is -0.267. The second-order valence-corrected chi connectivity index (χ2v) is 8.55. The van der Waals surface area contributed by atoms with Crippen molar-refractivity contribution in [2.24, 2.45) is 5.92 Å². The summed E-state index contributed by atoms with van der Waals surface area (Å²) in [4.78, 5) is 14.8. The number of ether oxygens (including phenoxy) is 2. The molecule has 0 amide bonds. The maximum Gasteiger partial charge on any atom is 0.317 e. The van der Waals surface area contributed by atoms with Gasteiger partial charge in [0, 0.05) is 20.7 Å². The molecule has 0 aromatic heterocycles. The number of carbonyl (C=O) groups is 1. The lowest BCUT2D eigenvalue weighted by Crippen LogP contribution is -2.71. The highest BCUT2D eigenvalue weighted by Gasteiger charge is 2.59. The number of rotatable bonds is 3. The van der Waals surface area contributed by atoms with Crippen molar-refractivity contribution in [1.82, 2.24) is 5.32 Å². The first kappa shape index (κ1) is 19.5. The van der Waals surface area contributed by atoms with E-state index in [4.69, 9.17) is 33.3 Å². The monoisotopic (exact) mass is 480 g/mol. The van der Waals surface area contributed by atoms with Crippen LogP contribution < -0.4 is 15.0 Å². The Morgan fingerprint density at radius 1 is 1.36 bits per heavy atom. The minimum absolute atomic E-state index is 0.287. The van der Waals surface area contributed by atoms with Gasteiger partial charge in [0.15, 0.2) is 5.11 Å². The van der Waals surface area contributed by atoms with Crippen molar-refractivity contribution < 1.29 is 14.3 Å². The average molecular weight is 482 g/mol. The molecule has 2 aliphatic heterocycles. The number of halogens is 2. The van der Waals surface area contributed by atoms with E-state index in [1.165, 1.54) is 0 Å². The summed E-state index contributed by atoms with van der Waals surface area (Å²) in [5.41, 5.74) is 0.578. The van der Waals surface area contributed by atoms with Gasteiger partial charge in [-0.1, -0.05) is 27.5 Å². The van der Waals surface area contributed by atoms with Crippen molar-refractivity contribution in [3.63, 3.8) is 0 Å². The van der Waals surface area contributed by atoms with Crippen LogP contribution in [0.3, 0.4) is 0 Å². The Morgan fingerprint density at radius 3 is 2.75 bits per heavy atom. The molecule has 2 aliphatic rings. The van der Waals surface area contributed by atoms with Crippen molar-refractivity contribution in [2.75, 3.05) is 11.5 Å². The van der Waals surface area contributed by atoms with E-state index in [0.29, 0.717) is 15.9 Å². The molecule has 1 fully saturated rings. The summed E-state index contributed by atoms with van der Waals surface area (Å²) >= 11 is 15.2. The van der Waals surface area contributed by atoms with Gasteiger partial charge in [-0.3, -0.25) is 9.69 Å². The van der Waals surface area contributed by atoms with Crippen molar-refractivity contribution >= 4 is 56.5 Å². The second kappa shape index (κ2) is 7.21. The lowest BCUT2D eigenvalue weighted by molar-refractivity contribution is -0.159. The predicted octanol–water partition coefficient (Wildman–Crippen LogP) is 4.83. The molecule has 8 heteroatoms. The van der Waals surface area contributed by atoms with Gasteiger partial charge >= 0.3 is 5.97 Å². The van der Waals surface area contributed by atoms with E-state index in [0.717, 1.165) is 15.7 Å². The van der Waals surface area contributed by atoms with Gasteiger partial charge in [0.05, 0.1) is 12.6 Å². The molecule has 5 nitrogen and oxygen atoms in total. The van der Waals surface area contributed by atoms with Crippen LogP contribution >= 0.6 is 39.7 Å². The number of anilines is 1. The number of fused-ring (bicyclic) bond motifs is 4. The van der Waals surface area contributed by atoms with E-state index < -0.39 is 11.6 Å². The summed E-state index contributed by atoms with van der Waals surface area (Å²) in [6.07, 6.45) is 0. The standard InChI is InChI=1S/C20H18BrClN2O3S/c1-3-26-18(25)16-17-14-10-11(21)4-9-15(14)27-20(16,2)24(19(28)23-17)13-7-5-12(22)6-8-13/h4-10,16-17H,3H2,1-2H3,(H,23,28)/t16-,17-,20-/m0/s1. The Balaban J connectivity index is 1.89. The normalized spacial score (nSPS) is 25.4.